The Morgan fingerprint density at radius 3 is 3.06 bits per heavy atom. The molecule has 0 saturated heterocycles. The highest BCUT2D eigenvalue weighted by Gasteiger charge is 2.21. The molecular weight excluding hydrogens is 272 g/mol. The number of halogens is 1. The molecule has 0 fully saturated rings. The van der Waals surface area contributed by atoms with E-state index >= 15 is 0 Å². The van der Waals surface area contributed by atoms with E-state index < -0.39 is 6.10 Å². The Bertz CT molecular complexity index is 554. The van der Waals surface area contributed by atoms with Crippen molar-refractivity contribution in [2.75, 3.05) is 6.79 Å². The van der Waals surface area contributed by atoms with E-state index in [1.807, 2.05) is 16.8 Å². The van der Waals surface area contributed by atoms with Crippen LogP contribution in [0.2, 0.25) is 5.02 Å². The Morgan fingerprint density at radius 2 is 2.28 bits per heavy atom. The third-order valence-electron chi connectivity index (χ3n) is 2.84. The summed E-state index contributed by atoms with van der Waals surface area (Å²) in [7, 11) is 0. The Balaban J connectivity index is 1.86. The molecule has 1 unspecified atom stereocenters. The molecule has 0 spiro atoms. The van der Waals surface area contributed by atoms with Crippen molar-refractivity contribution in [2.45, 2.75) is 12.5 Å². The van der Waals surface area contributed by atoms with Gasteiger partial charge in [0.1, 0.15) is 0 Å². The van der Waals surface area contributed by atoms with Crippen molar-refractivity contribution in [1.82, 2.24) is 0 Å². The van der Waals surface area contributed by atoms with Crippen LogP contribution in [0.5, 0.6) is 11.5 Å². The molecule has 2 heterocycles. The molecule has 0 saturated carbocycles. The summed E-state index contributed by atoms with van der Waals surface area (Å²) in [5.74, 6) is 1.16. The Kier molecular flexibility index (Phi) is 3.16. The van der Waals surface area contributed by atoms with Crippen molar-refractivity contribution < 1.29 is 14.6 Å². The average molecular weight is 283 g/mol. The quantitative estimate of drug-likeness (QED) is 0.938. The van der Waals surface area contributed by atoms with E-state index in [9.17, 15) is 5.11 Å². The van der Waals surface area contributed by atoms with E-state index in [2.05, 4.69) is 0 Å². The molecule has 1 aliphatic rings. The molecule has 18 heavy (non-hydrogen) atoms. The number of hydrogen-bond acceptors (Lipinski definition) is 4. The fourth-order valence-corrected chi connectivity index (χ4v) is 2.88. The lowest BCUT2D eigenvalue weighted by atomic mass is 10.0. The maximum atomic E-state index is 10.2. The molecule has 1 N–H and O–H groups in total. The van der Waals surface area contributed by atoms with Crippen LogP contribution in [0.15, 0.2) is 29.0 Å². The number of rotatable bonds is 3. The molecule has 0 amide bonds. The van der Waals surface area contributed by atoms with E-state index in [1.165, 1.54) is 0 Å². The number of aliphatic hydroxyl groups is 1. The van der Waals surface area contributed by atoms with Gasteiger partial charge in [-0.1, -0.05) is 11.6 Å². The van der Waals surface area contributed by atoms with E-state index in [1.54, 1.807) is 23.5 Å². The van der Waals surface area contributed by atoms with Crippen LogP contribution in [-0.4, -0.2) is 11.9 Å². The van der Waals surface area contributed by atoms with Gasteiger partial charge in [-0.3, -0.25) is 0 Å². The Morgan fingerprint density at radius 1 is 1.39 bits per heavy atom. The lowest BCUT2D eigenvalue weighted by molar-refractivity contribution is 0.171. The molecule has 0 radical (unpaired) electrons. The van der Waals surface area contributed by atoms with Gasteiger partial charge in [-0.2, -0.15) is 11.3 Å². The van der Waals surface area contributed by atoms with Gasteiger partial charge in [0, 0.05) is 6.42 Å². The third-order valence-corrected chi connectivity index (χ3v) is 3.86. The molecule has 2 aromatic rings. The van der Waals surface area contributed by atoms with Crippen molar-refractivity contribution in [1.29, 1.82) is 0 Å². The minimum absolute atomic E-state index is 0.180. The van der Waals surface area contributed by atoms with Crippen molar-refractivity contribution in [3.63, 3.8) is 0 Å². The molecule has 1 atom stereocenters. The SMILES string of the molecule is OC(Cc1ccsc1)c1cc(Cl)c2c(c1)OCO2. The first-order chi connectivity index (χ1) is 8.74. The number of hydrogen-bond donors (Lipinski definition) is 1. The van der Waals surface area contributed by atoms with Crippen LogP contribution < -0.4 is 9.47 Å². The molecule has 3 nitrogen and oxygen atoms in total. The summed E-state index contributed by atoms with van der Waals surface area (Å²) in [5, 5.41) is 14.7. The monoisotopic (exact) mass is 282 g/mol. The average Bonchev–Trinajstić information content (AvgIpc) is 2.98. The van der Waals surface area contributed by atoms with Gasteiger partial charge < -0.3 is 14.6 Å². The molecule has 1 aliphatic heterocycles. The van der Waals surface area contributed by atoms with Crippen LogP contribution in [0.1, 0.15) is 17.2 Å². The van der Waals surface area contributed by atoms with Crippen LogP contribution in [0, 0.1) is 0 Å². The summed E-state index contributed by atoms with van der Waals surface area (Å²) in [6, 6.07) is 5.51. The topological polar surface area (TPSA) is 38.7 Å². The van der Waals surface area contributed by atoms with Crippen molar-refractivity contribution in [3.05, 3.63) is 45.1 Å². The number of fused-ring (bicyclic) bond motifs is 1. The molecule has 5 heteroatoms. The predicted octanol–water partition coefficient (Wildman–Crippen LogP) is 3.41. The second kappa shape index (κ2) is 4.80. The summed E-state index contributed by atoms with van der Waals surface area (Å²) in [4.78, 5) is 0. The van der Waals surface area contributed by atoms with E-state index in [-0.39, 0.29) is 6.79 Å². The second-order valence-electron chi connectivity index (χ2n) is 4.09. The van der Waals surface area contributed by atoms with Crippen LogP contribution >= 0.6 is 22.9 Å². The van der Waals surface area contributed by atoms with Crippen LogP contribution in [-0.2, 0) is 6.42 Å². The molecule has 1 aromatic heterocycles. The van der Waals surface area contributed by atoms with Gasteiger partial charge in [0.15, 0.2) is 11.5 Å². The first-order valence-corrected chi connectivity index (χ1v) is 6.84. The maximum Gasteiger partial charge on any atom is 0.231 e. The largest absolute Gasteiger partial charge is 0.454 e. The van der Waals surface area contributed by atoms with E-state index in [4.69, 9.17) is 21.1 Å². The zero-order chi connectivity index (χ0) is 12.5. The fraction of sp³-hybridized carbons (Fsp3) is 0.231. The zero-order valence-corrected chi connectivity index (χ0v) is 11.0. The Hall–Kier alpha value is -1.23. The molecule has 0 bridgehead atoms. The maximum absolute atomic E-state index is 10.2. The highest BCUT2D eigenvalue weighted by molar-refractivity contribution is 7.07. The molecule has 0 aliphatic carbocycles. The lowest BCUT2D eigenvalue weighted by Crippen LogP contribution is -2.01. The highest BCUT2D eigenvalue weighted by Crippen LogP contribution is 2.41. The van der Waals surface area contributed by atoms with Gasteiger partial charge >= 0.3 is 0 Å². The number of thiophene rings is 1. The van der Waals surface area contributed by atoms with Crippen molar-refractivity contribution in [2.24, 2.45) is 0 Å². The lowest BCUT2D eigenvalue weighted by Gasteiger charge is -2.11. The van der Waals surface area contributed by atoms with Gasteiger partial charge in [-0.05, 0) is 40.1 Å². The van der Waals surface area contributed by atoms with Crippen LogP contribution in [0.25, 0.3) is 0 Å². The van der Waals surface area contributed by atoms with Gasteiger partial charge in [0.25, 0.3) is 0 Å². The van der Waals surface area contributed by atoms with Gasteiger partial charge in [-0.25, -0.2) is 0 Å². The van der Waals surface area contributed by atoms with Crippen LogP contribution in [0.3, 0.4) is 0 Å². The number of ether oxygens (including phenoxy) is 2. The van der Waals surface area contributed by atoms with Crippen molar-refractivity contribution in [3.8, 4) is 11.5 Å². The van der Waals surface area contributed by atoms with Gasteiger partial charge in [-0.15, -0.1) is 0 Å². The minimum Gasteiger partial charge on any atom is -0.454 e. The first kappa shape index (κ1) is 11.8. The van der Waals surface area contributed by atoms with E-state index in [0.29, 0.717) is 22.9 Å². The van der Waals surface area contributed by atoms with Crippen LogP contribution in [0.4, 0.5) is 0 Å². The summed E-state index contributed by atoms with van der Waals surface area (Å²) in [6.07, 6.45) is -0.0222. The molecule has 3 rings (SSSR count). The van der Waals surface area contributed by atoms with E-state index in [0.717, 1.165) is 11.1 Å². The Labute approximate surface area is 114 Å². The molecule has 1 aromatic carbocycles. The smallest absolute Gasteiger partial charge is 0.231 e. The normalized spacial score (nSPS) is 14.8. The van der Waals surface area contributed by atoms with Gasteiger partial charge in [0.2, 0.25) is 6.79 Å². The zero-order valence-electron chi connectivity index (χ0n) is 9.43. The third kappa shape index (κ3) is 2.19. The summed E-state index contributed by atoms with van der Waals surface area (Å²) < 4.78 is 10.5. The standard InChI is InChI=1S/C13H11ClO3S/c14-10-4-9(5-12-13(10)17-7-16-12)11(15)3-8-1-2-18-6-8/h1-2,4-6,11,15H,3,7H2. The highest BCUT2D eigenvalue weighted by atomic mass is 35.5. The van der Waals surface area contributed by atoms with Gasteiger partial charge in [0.05, 0.1) is 11.1 Å². The fourth-order valence-electron chi connectivity index (χ4n) is 1.93. The predicted molar refractivity (Wildman–Crippen MR) is 70.6 cm³/mol. The summed E-state index contributed by atoms with van der Waals surface area (Å²) >= 11 is 7.70. The number of benzene rings is 1. The minimum atomic E-state index is -0.591. The molecular formula is C13H11ClO3S. The first-order valence-electron chi connectivity index (χ1n) is 5.52. The number of aliphatic hydroxyl groups excluding tert-OH is 1. The summed E-state index contributed by atoms with van der Waals surface area (Å²) in [6.45, 7) is 0.180. The summed E-state index contributed by atoms with van der Waals surface area (Å²) in [5.41, 5.74) is 1.86. The molecule has 94 valence electrons. The second-order valence-corrected chi connectivity index (χ2v) is 5.28. The van der Waals surface area contributed by atoms with Crippen molar-refractivity contribution >= 4 is 22.9 Å².